The van der Waals surface area contributed by atoms with Crippen LogP contribution in [-0.4, -0.2) is 19.6 Å². The first kappa shape index (κ1) is 11.1. The third-order valence-corrected chi connectivity index (χ3v) is 4.45. The van der Waals surface area contributed by atoms with Crippen LogP contribution in [0.2, 0.25) is 0 Å². The molecule has 3 rings (SSSR count). The van der Waals surface area contributed by atoms with E-state index in [1.807, 2.05) is 0 Å². The molecule has 2 aliphatic rings. The van der Waals surface area contributed by atoms with Crippen LogP contribution >= 0.6 is 0 Å². The van der Waals surface area contributed by atoms with Crippen molar-refractivity contribution in [2.45, 2.75) is 44.1 Å². The minimum Gasteiger partial charge on any atom is -0.384 e. The topological polar surface area (TPSA) is 24.1 Å². The average Bonchev–Trinajstić information content (AvgIpc) is 2.86. The number of hydrogen-bond donors (Lipinski definition) is 2. The van der Waals surface area contributed by atoms with Crippen LogP contribution in [0.1, 0.15) is 42.7 Å². The minimum atomic E-state index is 0.752. The summed E-state index contributed by atoms with van der Waals surface area (Å²) in [5, 5.41) is 6.84. The van der Waals surface area contributed by atoms with E-state index in [1.165, 1.54) is 43.4 Å². The highest BCUT2D eigenvalue weighted by Crippen LogP contribution is 2.35. The van der Waals surface area contributed by atoms with Gasteiger partial charge in [0.05, 0.1) is 0 Å². The zero-order valence-electron chi connectivity index (χ0n) is 10.6. The molecule has 0 saturated heterocycles. The van der Waals surface area contributed by atoms with Gasteiger partial charge in [0.25, 0.3) is 0 Å². The lowest BCUT2D eigenvalue weighted by atomic mass is 9.81. The molecule has 2 nitrogen and oxygen atoms in total. The van der Waals surface area contributed by atoms with E-state index in [2.05, 4.69) is 35.9 Å². The number of benzene rings is 1. The van der Waals surface area contributed by atoms with Crippen molar-refractivity contribution in [3.05, 3.63) is 29.3 Å². The standard InChI is InChI=1S/C15H22N2/c1-16-14-5-2-11(3-6-14)12-4-7-15-13(10-12)8-9-17-15/h4,7,10-11,14,16-17H,2-3,5-6,8-9H2,1H3. The first-order chi connectivity index (χ1) is 8.36. The van der Waals surface area contributed by atoms with Crippen molar-refractivity contribution in [3.63, 3.8) is 0 Å². The predicted octanol–water partition coefficient (Wildman–Crippen LogP) is 2.90. The number of nitrogens with one attached hydrogen (secondary N) is 2. The van der Waals surface area contributed by atoms with Gasteiger partial charge in [0.15, 0.2) is 0 Å². The van der Waals surface area contributed by atoms with Crippen LogP contribution in [0.5, 0.6) is 0 Å². The molecule has 0 aromatic heterocycles. The van der Waals surface area contributed by atoms with Gasteiger partial charge >= 0.3 is 0 Å². The van der Waals surface area contributed by atoms with Crippen molar-refractivity contribution < 1.29 is 0 Å². The van der Waals surface area contributed by atoms with Gasteiger partial charge in [-0.15, -0.1) is 0 Å². The summed E-state index contributed by atoms with van der Waals surface area (Å²) in [7, 11) is 2.09. The molecule has 1 saturated carbocycles. The molecular weight excluding hydrogens is 208 g/mol. The Balaban J connectivity index is 1.72. The number of hydrogen-bond acceptors (Lipinski definition) is 2. The van der Waals surface area contributed by atoms with Crippen LogP contribution in [0.15, 0.2) is 18.2 Å². The largest absolute Gasteiger partial charge is 0.384 e. The lowest BCUT2D eigenvalue weighted by molar-refractivity contribution is 0.358. The van der Waals surface area contributed by atoms with Crippen molar-refractivity contribution in [1.29, 1.82) is 0 Å². The molecule has 1 fully saturated rings. The van der Waals surface area contributed by atoms with E-state index in [0.29, 0.717) is 0 Å². The molecule has 1 aromatic rings. The molecule has 92 valence electrons. The zero-order valence-corrected chi connectivity index (χ0v) is 10.6. The van der Waals surface area contributed by atoms with Crippen molar-refractivity contribution in [2.75, 3.05) is 18.9 Å². The monoisotopic (exact) mass is 230 g/mol. The number of anilines is 1. The fraction of sp³-hybridized carbons (Fsp3) is 0.600. The van der Waals surface area contributed by atoms with Gasteiger partial charge in [-0.05, 0) is 62.3 Å². The molecule has 0 spiro atoms. The highest BCUT2D eigenvalue weighted by molar-refractivity contribution is 5.56. The summed E-state index contributed by atoms with van der Waals surface area (Å²) < 4.78 is 0. The van der Waals surface area contributed by atoms with Crippen LogP contribution in [0.25, 0.3) is 0 Å². The van der Waals surface area contributed by atoms with E-state index in [0.717, 1.165) is 18.5 Å². The maximum Gasteiger partial charge on any atom is 0.0373 e. The van der Waals surface area contributed by atoms with Crippen molar-refractivity contribution >= 4 is 5.69 Å². The maximum absolute atomic E-state index is 3.44. The minimum absolute atomic E-state index is 0.752. The smallest absolute Gasteiger partial charge is 0.0373 e. The molecule has 2 heteroatoms. The highest BCUT2D eigenvalue weighted by Gasteiger charge is 2.22. The maximum atomic E-state index is 3.44. The first-order valence-corrected chi connectivity index (χ1v) is 6.91. The fourth-order valence-corrected chi connectivity index (χ4v) is 3.29. The quantitative estimate of drug-likeness (QED) is 0.816. The lowest BCUT2D eigenvalue weighted by Gasteiger charge is -2.28. The van der Waals surface area contributed by atoms with Crippen molar-refractivity contribution in [1.82, 2.24) is 5.32 Å². The molecular formula is C15H22N2. The van der Waals surface area contributed by atoms with Gasteiger partial charge < -0.3 is 10.6 Å². The summed E-state index contributed by atoms with van der Waals surface area (Å²) in [6.07, 6.45) is 6.55. The molecule has 1 heterocycles. The molecule has 0 unspecified atom stereocenters. The van der Waals surface area contributed by atoms with Gasteiger partial charge in [-0.25, -0.2) is 0 Å². The molecule has 0 radical (unpaired) electrons. The van der Waals surface area contributed by atoms with E-state index in [1.54, 1.807) is 5.56 Å². The van der Waals surface area contributed by atoms with Crippen LogP contribution in [0.4, 0.5) is 5.69 Å². The van der Waals surface area contributed by atoms with Gasteiger partial charge in [-0.2, -0.15) is 0 Å². The summed E-state index contributed by atoms with van der Waals surface area (Å²) in [5.41, 5.74) is 4.46. The molecule has 1 aliphatic carbocycles. The summed E-state index contributed by atoms with van der Waals surface area (Å²) in [6.45, 7) is 1.12. The van der Waals surface area contributed by atoms with Crippen LogP contribution in [-0.2, 0) is 6.42 Å². The SMILES string of the molecule is CNC1CCC(c2ccc3c(c2)CCN3)CC1. The molecule has 17 heavy (non-hydrogen) atoms. The van der Waals surface area contributed by atoms with Crippen molar-refractivity contribution in [3.8, 4) is 0 Å². The molecule has 0 amide bonds. The van der Waals surface area contributed by atoms with Gasteiger partial charge in [-0.1, -0.05) is 12.1 Å². The Morgan fingerprint density at radius 1 is 1.18 bits per heavy atom. The van der Waals surface area contributed by atoms with Gasteiger partial charge in [-0.3, -0.25) is 0 Å². The van der Waals surface area contributed by atoms with Gasteiger partial charge in [0.1, 0.15) is 0 Å². The second-order valence-corrected chi connectivity index (χ2v) is 5.43. The first-order valence-electron chi connectivity index (χ1n) is 6.91. The van der Waals surface area contributed by atoms with E-state index in [9.17, 15) is 0 Å². The molecule has 0 bridgehead atoms. The summed E-state index contributed by atoms with van der Waals surface area (Å²) >= 11 is 0. The van der Waals surface area contributed by atoms with Crippen molar-refractivity contribution in [2.24, 2.45) is 0 Å². The average molecular weight is 230 g/mol. The fourth-order valence-electron chi connectivity index (χ4n) is 3.29. The van der Waals surface area contributed by atoms with E-state index in [-0.39, 0.29) is 0 Å². The number of fused-ring (bicyclic) bond motifs is 1. The molecule has 0 atom stereocenters. The molecule has 2 N–H and O–H groups in total. The third kappa shape index (κ3) is 2.19. The Hall–Kier alpha value is -1.02. The zero-order chi connectivity index (χ0) is 11.7. The number of rotatable bonds is 2. The Morgan fingerprint density at radius 2 is 2.00 bits per heavy atom. The Bertz CT molecular complexity index is 392. The van der Waals surface area contributed by atoms with E-state index in [4.69, 9.17) is 0 Å². The molecule has 1 aromatic carbocycles. The highest BCUT2D eigenvalue weighted by atomic mass is 14.9. The third-order valence-electron chi connectivity index (χ3n) is 4.45. The summed E-state index contributed by atoms with van der Waals surface area (Å²) in [4.78, 5) is 0. The second kappa shape index (κ2) is 4.69. The predicted molar refractivity (Wildman–Crippen MR) is 72.7 cm³/mol. The van der Waals surface area contributed by atoms with Crippen LogP contribution in [0, 0.1) is 0 Å². The summed E-state index contributed by atoms with van der Waals surface area (Å²) in [5.74, 6) is 0.797. The van der Waals surface area contributed by atoms with E-state index < -0.39 is 0 Å². The molecule has 1 aliphatic heterocycles. The normalized spacial score (nSPS) is 27.6. The van der Waals surface area contributed by atoms with Gasteiger partial charge in [0.2, 0.25) is 0 Å². The van der Waals surface area contributed by atoms with Crippen LogP contribution in [0.3, 0.4) is 0 Å². The Labute approximate surface area is 104 Å². The second-order valence-electron chi connectivity index (χ2n) is 5.43. The summed E-state index contributed by atoms with van der Waals surface area (Å²) in [6, 6.07) is 7.81. The van der Waals surface area contributed by atoms with Crippen LogP contribution < -0.4 is 10.6 Å². The van der Waals surface area contributed by atoms with E-state index >= 15 is 0 Å². The lowest BCUT2D eigenvalue weighted by Crippen LogP contribution is -2.29. The van der Waals surface area contributed by atoms with Gasteiger partial charge in [0, 0.05) is 18.3 Å². The Kier molecular flexibility index (Phi) is 3.06. The Morgan fingerprint density at radius 3 is 2.76 bits per heavy atom.